The Bertz CT molecular complexity index is 467. The summed E-state index contributed by atoms with van der Waals surface area (Å²) in [6, 6.07) is 5.29. The number of alkyl halides is 1. The van der Waals surface area contributed by atoms with E-state index in [1.54, 1.807) is 12.1 Å². The molecule has 1 aliphatic rings. The molecule has 1 aliphatic carbocycles. The fraction of sp³-hybridized carbons (Fsp3) is 0.500. The Morgan fingerprint density at radius 3 is 2.74 bits per heavy atom. The van der Waals surface area contributed by atoms with Gasteiger partial charge in [0.1, 0.15) is 0 Å². The van der Waals surface area contributed by atoms with Crippen LogP contribution in [0.1, 0.15) is 24.8 Å². The minimum Gasteiger partial charge on any atom is -0.355 e. The lowest BCUT2D eigenvalue weighted by Gasteiger charge is -2.14. The molecule has 2 nitrogen and oxygen atoms in total. The molecule has 0 saturated heterocycles. The van der Waals surface area contributed by atoms with Crippen molar-refractivity contribution in [2.24, 2.45) is 5.92 Å². The van der Waals surface area contributed by atoms with E-state index in [0.717, 1.165) is 12.1 Å². The van der Waals surface area contributed by atoms with Crippen molar-refractivity contribution in [1.82, 2.24) is 5.32 Å². The number of hydrogen-bond donors (Lipinski definition) is 1. The molecule has 1 amide bonds. The first-order chi connectivity index (χ1) is 9.06. The molecule has 0 aliphatic heterocycles. The zero-order valence-corrected chi connectivity index (χ0v) is 13.6. The molecule has 0 bridgehead atoms. The summed E-state index contributed by atoms with van der Waals surface area (Å²) in [4.78, 5) is 12.4. The summed E-state index contributed by atoms with van der Waals surface area (Å²) in [5.74, 6) is 0.586. The Hall–Kier alpha value is -0.250. The average molecular weight is 365 g/mol. The molecule has 0 heterocycles. The normalized spacial score (nSPS) is 22.5. The van der Waals surface area contributed by atoms with Crippen LogP contribution in [-0.4, -0.2) is 17.3 Å². The van der Waals surface area contributed by atoms with Crippen molar-refractivity contribution in [1.29, 1.82) is 0 Å². The van der Waals surface area contributed by atoms with Gasteiger partial charge in [-0.2, -0.15) is 0 Å². The lowest BCUT2D eigenvalue weighted by Crippen LogP contribution is -2.32. The maximum Gasteiger partial charge on any atom is 0.224 e. The molecule has 5 heteroatoms. The first kappa shape index (κ1) is 15.1. The highest BCUT2D eigenvalue weighted by Crippen LogP contribution is 2.30. The Morgan fingerprint density at radius 1 is 1.32 bits per heavy atom. The highest BCUT2D eigenvalue weighted by Gasteiger charge is 2.24. The van der Waals surface area contributed by atoms with Crippen molar-refractivity contribution < 1.29 is 4.79 Å². The summed E-state index contributed by atoms with van der Waals surface area (Å²) in [6.45, 7) is 0.746. The summed E-state index contributed by atoms with van der Waals surface area (Å²) in [7, 11) is 0. The second-order valence-electron chi connectivity index (χ2n) is 4.94. The highest BCUT2D eigenvalue weighted by atomic mass is 79.9. The molecule has 19 heavy (non-hydrogen) atoms. The number of halogens is 3. The van der Waals surface area contributed by atoms with E-state index in [9.17, 15) is 4.79 Å². The minimum absolute atomic E-state index is 0.0324. The van der Waals surface area contributed by atoms with Gasteiger partial charge in [-0.15, -0.1) is 0 Å². The first-order valence-electron chi connectivity index (χ1n) is 6.41. The van der Waals surface area contributed by atoms with Gasteiger partial charge >= 0.3 is 0 Å². The molecule has 2 rings (SSSR count). The third kappa shape index (κ3) is 4.37. The van der Waals surface area contributed by atoms with E-state index >= 15 is 0 Å². The molecule has 0 radical (unpaired) electrons. The van der Waals surface area contributed by atoms with Crippen molar-refractivity contribution in [2.45, 2.75) is 30.5 Å². The van der Waals surface area contributed by atoms with Gasteiger partial charge in [0.15, 0.2) is 0 Å². The highest BCUT2D eigenvalue weighted by molar-refractivity contribution is 9.09. The molecule has 2 unspecified atom stereocenters. The standard InChI is InChI=1S/C14H16BrCl2NO/c15-11-3-1-2-10(11)8-18-14(19)7-9-4-5-12(16)13(17)6-9/h4-6,10-11H,1-3,7-8H2,(H,18,19). The van der Waals surface area contributed by atoms with Crippen LogP contribution in [0.5, 0.6) is 0 Å². The lowest BCUT2D eigenvalue weighted by molar-refractivity contribution is -0.120. The molecule has 104 valence electrons. The van der Waals surface area contributed by atoms with E-state index in [1.807, 2.05) is 6.07 Å². The molecular weight excluding hydrogens is 349 g/mol. The van der Waals surface area contributed by atoms with Crippen molar-refractivity contribution in [3.63, 3.8) is 0 Å². The molecule has 1 saturated carbocycles. The van der Waals surface area contributed by atoms with Gasteiger partial charge < -0.3 is 5.32 Å². The number of carbonyl (C=O) groups is 1. The van der Waals surface area contributed by atoms with E-state index in [4.69, 9.17) is 23.2 Å². The summed E-state index contributed by atoms with van der Waals surface area (Å²) >= 11 is 15.4. The minimum atomic E-state index is 0.0324. The van der Waals surface area contributed by atoms with Crippen LogP contribution in [0, 0.1) is 5.92 Å². The Morgan fingerprint density at radius 2 is 2.11 bits per heavy atom. The lowest BCUT2D eigenvalue weighted by atomic mass is 10.1. The van der Waals surface area contributed by atoms with E-state index in [-0.39, 0.29) is 5.91 Å². The molecular formula is C14H16BrCl2NO. The third-order valence-electron chi connectivity index (χ3n) is 3.48. The Kier molecular flexibility index (Phi) is 5.55. The van der Waals surface area contributed by atoms with Crippen molar-refractivity contribution in [3.8, 4) is 0 Å². The van der Waals surface area contributed by atoms with Crippen LogP contribution in [0.15, 0.2) is 18.2 Å². The van der Waals surface area contributed by atoms with Crippen LogP contribution < -0.4 is 5.32 Å². The number of nitrogens with one attached hydrogen (secondary N) is 1. The zero-order chi connectivity index (χ0) is 13.8. The molecule has 0 spiro atoms. The first-order valence-corrected chi connectivity index (χ1v) is 8.08. The van der Waals surface area contributed by atoms with E-state index in [0.29, 0.717) is 27.2 Å². The van der Waals surface area contributed by atoms with E-state index < -0.39 is 0 Å². The summed E-state index contributed by atoms with van der Waals surface area (Å²) < 4.78 is 0. The van der Waals surface area contributed by atoms with Gasteiger partial charge in [-0.3, -0.25) is 4.79 Å². The number of rotatable bonds is 4. The smallest absolute Gasteiger partial charge is 0.224 e. The number of carbonyl (C=O) groups excluding carboxylic acids is 1. The average Bonchev–Trinajstić information content (AvgIpc) is 2.77. The van der Waals surface area contributed by atoms with Crippen molar-refractivity contribution in [3.05, 3.63) is 33.8 Å². The van der Waals surface area contributed by atoms with Gasteiger partial charge in [-0.05, 0) is 36.5 Å². The topological polar surface area (TPSA) is 29.1 Å². The van der Waals surface area contributed by atoms with Gasteiger partial charge in [0.2, 0.25) is 5.91 Å². The van der Waals surface area contributed by atoms with Gasteiger partial charge in [0, 0.05) is 11.4 Å². The summed E-state index contributed by atoms with van der Waals surface area (Å²) in [5.41, 5.74) is 0.883. The van der Waals surface area contributed by atoms with Crippen LogP contribution in [-0.2, 0) is 11.2 Å². The van der Waals surface area contributed by atoms with Crippen molar-refractivity contribution in [2.75, 3.05) is 6.54 Å². The van der Waals surface area contributed by atoms with Gasteiger partial charge in [0.25, 0.3) is 0 Å². The van der Waals surface area contributed by atoms with Crippen molar-refractivity contribution >= 4 is 45.0 Å². The van der Waals surface area contributed by atoms with Crippen LogP contribution in [0.2, 0.25) is 10.0 Å². The van der Waals surface area contributed by atoms with Crippen LogP contribution in [0.4, 0.5) is 0 Å². The summed E-state index contributed by atoms with van der Waals surface area (Å²) in [5, 5.41) is 3.99. The molecule has 0 aromatic heterocycles. The van der Waals surface area contributed by atoms with E-state index in [2.05, 4.69) is 21.2 Å². The molecule has 1 fully saturated rings. The number of amides is 1. The van der Waals surface area contributed by atoms with Gasteiger partial charge in [-0.1, -0.05) is 51.6 Å². The maximum atomic E-state index is 11.9. The summed E-state index contributed by atoms with van der Waals surface area (Å²) in [6.07, 6.45) is 3.97. The second-order valence-corrected chi connectivity index (χ2v) is 6.93. The number of benzene rings is 1. The predicted molar refractivity (Wildman–Crippen MR) is 83.2 cm³/mol. The molecule has 1 aromatic carbocycles. The number of hydrogen-bond acceptors (Lipinski definition) is 1. The Balaban J connectivity index is 1.82. The third-order valence-corrected chi connectivity index (χ3v) is 5.42. The van der Waals surface area contributed by atoms with Crippen LogP contribution >= 0.6 is 39.1 Å². The largest absolute Gasteiger partial charge is 0.355 e. The predicted octanol–water partition coefficient (Wildman–Crippen LogP) is 4.22. The fourth-order valence-corrected chi connectivity index (χ4v) is 3.46. The maximum absolute atomic E-state index is 11.9. The Labute approximate surface area is 132 Å². The molecule has 1 aromatic rings. The molecule has 1 N–H and O–H groups in total. The molecule has 2 atom stereocenters. The second kappa shape index (κ2) is 6.96. The quantitative estimate of drug-likeness (QED) is 0.796. The zero-order valence-electron chi connectivity index (χ0n) is 10.5. The van der Waals surface area contributed by atoms with Gasteiger partial charge in [0.05, 0.1) is 16.5 Å². The monoisotopic (exact) mass is 363 g/mol. The van der Waals surface area contributed by atoms with E-state index in [1.165, 1.54) is 19.3 Å². The van der Waals surface area contributed by atoms with Gasteiger partial charge in [-0.25, -0.2) is 0 Å². The van der Waals surface area contributed by atoms with Crippen LogP contribution in [0.25, 0.3) is 0 Å². The van der Waals surface area contributed by atoms with Crippen LogP contribution in [0.3, 0.4) is 0 Å². The SMILES string of the molecule is O=C(Cc1ccc(Cl)c(Cl)c1)NCC1CCCC1Br. The fourth-order valence-electron chi connectivity index (χ4n) is 2.36.